The molecule has 0 saturated carbocycles. The molecule has 2 N–H and O–H groups in total. The lowest BCUT2D eigenvalue weighted by atomic mass is 10.1. The number of fused-ring (bicyclic) bond motifs is 1. The van der Waals surface area contributed by atoms with E-state index < -0.39 is 0 Å². The van der Waals surface area contributed by atoms with Gasteiger partial charge >= 0.3 is 0 Å². The molecule has 2 aromatic rings. The smallest absolute Gasteiger partial charge is 0.170 e. The first-order chi connectivity index (χ1) is 9.70. The Bertz CT molecular complexity index is 642. The SMILES string of the molecule is COc1cccc(CN2CCc3c(N)cccc32)c1F. The zero-order chi connectivity index (χ0) is 14.1. The second-order valence-corrected chi connectivity index (χ2v) is 4.95. The van der Waals surface area contributed by atoms with Gasteiger partial charge in [0, 0.05) is 35.6 Å². The van der Waals surface area contributed by atoms with E-state index in [0.717, 1.165) is 29.9 Å². The van der Waals surface area contributed by atoms with Gasteiger partial charge in [-0.25, -0.2) is 4.39 Å². The molecule has 1 aliphatic rings. The average molecular weight is 272 g/mol. The monoisotopic (exact) mass is 272 g/mol. The van der Waals surface area contributed by atoms with Crippen molar-refractivity contribution in [3.63, 3.8) is 0 Å². The molecule has 104 valence electrons. The molecule has 0 saturated heterocycles. The van der Waals surface area contributed by atoms with Gasteiger partial charge in [0.2, 0.25) is 0 Å². The quantitative estimate of drug-likeness (QED) is 0.873. The summed E-state index contributed by atoms with van der Waals surface area (Å²) in [6, 6.07) is 11.1. The molecule has 4 heteroatoms. The largest absolute Gasteiger partial charge is 0.494 e. The number of nitrogens with zero attached hydrogens (tertiary/aromatic N) is 1. The molecule has 0 aromatic heterocycles. The minimum absolute atomic E-state index is 0.285. The normalized spacial score (nSPS) is 13.4. The van der Waals surface area contributed by atoms with Crippen LogP contribution in [0.2, 0.25) is 0 Å². The first kappa shape index (κ1) is 12.8. The maximum absolute atomic E-state index is 14.2. The van der Waals surface area contributed by atoms with E-state index in [1.54, 1.807) is 12.1 Å². The lowest BCUT2D eigenvalue weighted by Crippen LogP contribution is -2.20. The molecule has 0 aliphatic carbocycles. The zero-order valence-corrected chi connectivity index (χ0v) is 11.4. The summed E-state index contributed by atoms with van der Waals surface area (Å²) < 4.78 is 19.2. The molecule has 0 bridgehead atoms. The third-order valence-electron chi connectivity index (χ3n) is 3.78. The summed E-state index contributed by atoms with van der Waals surface area (Å²) in [5.74, 6) is 0.00171. The van der Waals surface area contributed by atoms with Gasteiger partial charge in [0.1, 0.15) is 0 Å². The highest BCUT2D eigenvalue weighted by molar-refractivity contribution is 5.68. The van der Waals surface area contributed by atoms with Gasteiger partial charge in [-0.15, -0.1) is 0 Å². The predicted molar refractivity (Wildman–Crippen MR) is 78.6 cm³/mol. The van der Waals surface area contributed by atoms with E-state index in [1.807, 2.05) is 24.3 Å². The van der Waals surface area contributed by atoms with Crippen molar-refractivity contribution in [3.8, 4) is 5.75 Å². The van der Waals surface area contributed by atoms with Crippen molar-refractivity contribution in [1.82, 2.24) is 0 Å². The second kappa shape index (κ2) is 5.04. The van der Waals surface area contributed by atoms with Crippen molar-refractivity contribution in [1.29, 1.82) is 0 Å². The van der Waals surface area contributed by atoms with Gasteiger partial charge in [0.15, 0.2) is 11.6 Å². The topological polar surface area (TPSA) is 38.5 Å². The fourth-order valence-corrected chi connectivity index (χ4v) is 2.73. The first-order valence-electron chi connectivity index (χ1n) is 6.64. The zero-order valence-electron chi connectivity index (χ0n) is 11.4. The molecule has 0 spiro atoms. The Morgan fingerprint density at radius 3 is 2.85 bits per heavy atom. The molecule has 0 fully saturated rings. The molecule has 0 atom stereocenters. The number of hydrogen-bond donors (Lipinski definition) is 1. The molecule has 2 aromatic carbocycles. The van der Waals surface area contributed by atoms with E-state index in [2.05, 4.69) is 4.90 Å². The molecule has 0 amide bonds. The highest BCUT2D eigenvalue weighted by Crippen LogP contribution is 2.33. The lowest BCUT2D eigenvalue weighted by Gasteiger charge is -2.20. The average Bonchev–Trinajstić information content (AvgIpc) is 2.86. The number of benzene rings is 2. The van der Waals surface area contributed by atoms with E-state index in [0.29, 0.717) is 12.1 Å². The van der Waals surface area contributed by atoms with Gasteiger partial charge in [0.05, 0.1) is 7.11 Å². The highest BCUT2D eigenvalue weighted by Gasteiger charge is 2.22. The van der Waals surface area contributed by atoms with Crippen molar-refractivity contribution in [3.05, 3.63) is 53.3 Å². The fourth-order valence-electron chi connectivity index (χ4n) is 2.73. The molecular weight excluding hydrogens is 255 g/mol. The van der Waals surface area contributed by atoms with Crippen LogP contribution < -0.4 is 15.4 Å². The fraction of sp³-hybridized carbons (Fsp3) is 0.250. The number of nitrogens with two attached hydrogens (primary N) is 1. The van der Waals surface area contributed by atoms with Gasteiger partial charge in [-0.05, 0) is 24.6 Å². The van der Waals surface area contributed by atoms with E-state index in [-0.39, 0.29) is 11.6 Å². The van der Waals surface area contributed by atoms with E-state index in [1.165, 1.54) is 7.11 Å². The minimum Gasteiger partial charge on any atom is -0.494 e. The van der Waals surface area contributed by atoms with E-state index in [9.17, 15) is 4.39 Å². The number of methoxy groups -OCH3 is 1. The third-order valence-corrected chi connectivity index (χ3v) is 3.78. The molecule has 3 rings (SSSR count). The second-order valence-electron chi connectivity index (χ2n) is 4.95. The summed E-state index contributed by atoms with van der Waals surface area (Å²) in [6.45, 7) is 1.39. The summed E-state index contributed by atoms with van der Waals surface area (Å²) in [7, 11) is 1.48. The van der Waals surface area contributed by atoms with Gasteiger partial charge < -0.3 is 15.4 Å². The van der Waals surface area contributed by atoms with Crippen molar-refractivity contribution in [2.24, 2.45) is 0 Å². The minimum atomic E-state index is -0.285. The number of halogens is 1. The molecule has 1 heterocycles. The van der Waals surface area contributed by atoms with Crippen LogP contribution in [0.4, 0.5) is 15.8 Å². The van der Waals surface area contributed by atoms with Crippen molar-refractivity contribution >= 4 is 11.4 Å². The summed E-state index contributed by atoms with van der Waals surface area (Å²) in [4.78, 5) is 2.16. The molecule has 3 nitrogen and oxygen atoms in total. The Morgan fingerprint density at radius 2 is 2.05 bits per heavy atom. The van der Waals surface area contributed by atoms with Gasteiger partial charge in [-0.1, -0.05) is 18.2 Å². The maximum Gasteiger partial charge on any atom is 0.170 e. The molecule has 0 unspecified atom stereocenters. The van der Waals surface area contributed by atoms with Crippen LogP contribution in [0.3, 0.4) is 0 Å². The van der Waals surface area contributed by atoms with Crippen LogP contribution >= 0.6 is 0 Å². The predicted octanol–water partition coefficient (Wildman–Crippen LogP) is 2.98. The van der Waals surface area contributed by atoms with Crippen LogP contribution in [-0.2, 0) is 13.0 Å². The third kappa shape index (κ3) is 2.07. The Balaban J connectivity index is 1.90. The maximum atomic E-state index is 14.2. The number of nitrogen functional groups attached to an aromatic ring is 1. The molecule has 1 aliphatic heterocycles. The Morgan fingerprint density at radius 1 is 1.25 bits per heavy atom. The standard InChI is InChI=1S/C16H17FN2O/c1-20-15-7-2-4-11(16(15)17)10-19-9-8-12-13(18)5-3-6-14(12)19/h2-7H,8-10,18H2,1H3. The van der Waals surface area contributed by atoms with Gasteiger partial charge in [-0.3, -0.25) is 0 Å². The van der Waals surface area contributed by atoms with Crippen molar-refractivity contribution < 1.29 is 9.13 Å². The molecule has 20 heavy (non-hydrogen) atoms. The van der Waals surface area contributed by atoms with Crippen molar-refractivity contribution in [2.75, 3.05) is 24.3 Å². The van der Waals surface area contributed by atoms with Gasteiger partial charge in [-0.2, -0.15) is 0 Å². The Kier molecular flexibility index (Phi) is 3.22. The number of anilines is 2. The van der Waals surface area contributed by atoms with Crippen LogP contribution in [0.15, 0.2) is 36.4 Å². The van der Waals surface area contributed by atoms with Crippen LogP contribution in [0.25, 0.3) is 0 Å². The van der Waals surface area contributed by atoms with E-state index >= 15 is 0 Å². The summed E-state index contributed by atoms with van der Waals surface area (Å²) >= 11 is 0. The number of hydrogen-bond acceptors (Lipinski definition) is 3. The van der Waals surface area contributed by atoms with Crippen LogP contribution in [-0.4, -0.2) is 13.7 Å². The van der Waals surface area contributed by atoms with Crippen molar-refractivity contribution in [2.45, 2.75) is 13.0 Å². The Labute approximate surface area is 117 Å². The molecular formula is C16H17FN2O. The highest BCUT2D eigenvalue weighted by atomic mass is 19.1. The number of ether oxygens (including phenoxy) is 1. The number of rotatable bonds is 3. The summed E-state index contributed by atoms with van der Waals surface area (Å²) in [5.41, 5.74) is 9.70. The Hall–Kier alpha value is -2.23. The van der Waals surface area contributed by atoms with Crippen LogP contribution in [0, 0.1) is 5.82 Å². The van der Waals surface area contributed by atoms with Crippen LogP contribution in [0.5, 0.6) is 5.75 Å². The first-order valence-corrected chi connectivity index (χ1v) is 6.64. The summed E-state index contributed by atoms with van der Waals surface area (Å²) in [5, 5.41) is 0. The van der Waals surface area contributed by atoms with E-state index in [4.69, 9.17) is 10.5 Å². The lowest BCUT2D eigenvalue weighted by molar-refractivity contribution is 0.384. The molecule has 0 radical (unpaired) electrons. The summed E-state index contributed by atoms with van der Waals surface area (Å²) in [6.07, 6.45) is 0.910. The van der Waals surface area contributed by atoms with Gasteiger partial charge in [0.25, 0.3) is 0 Å². The van der Waals surface area contributed by atoms with Crippen LogP contribution in [0.1, 0.15) is 11.1 Å².